The number of ketones is 2. The molecule has 27 heavy (non-hydrogen) atoms. The summed E-state index contributed by atoms with van der Waals surface area (Å²) in [6, 6.07) is 13.9. The van der Waals surface area contributed by atoms with Gasteiger partial charge in [0.25, 0.3) is 0 Å². The number of aliphatic hydroxyl groups excluding tert-OH is 1. The van der Waals surface area contributed by atoms with Crippen LogP contribution >= 0.6 is 0 Å². The zero-order valence-corrected chi connectivity index (χ0v) is 14.9. The van der Waals surface area contributed by atoms with Gasteiger partial charge >= 0.3 is 0 Å². The summed E-state index contributed by atoms with van der Waals surface area (Å²) in [6.07, 6.45) is 1.16. The Morgan fingerprint density at radius 3 is 2.26 bits per heavy atom. The Balaban J connectivity index is 1.70. The van der Waals surface area contributed by atoms with Gasteiger partial charge in [0, 0.05) is 22.3 Å². The first-order valence-corrected chi connectivity index (χ1v) is 8.66. The number of carbonyl (C=O) groups excluding carboxylic acids is 2. The number of methoxy groups -OCH3 is 1. The summed E-state index contributed by atoms with van der Waals surface area (Å²) in [5.74, 6) is 0.338. The average Bonchev–Trinajstić information content (AvgIpc) is 2.71. The monoisotopic (exact) mass is 358 g/mol. The van der Waals surface area contributed by atoms with E-state index in [0.717, 1.165) is 0 Å². The smallest absolute Gasteiger partial charge is 0.194 e. The van der Waals surface area contributed by atoms with Crippen molar-refractivity contribution in [3.05, 3.63) is 100 Å². The van der Waals surface area contributed by atoms with Gasteiger partial charge < -0.3 is 9.84 Å². The number of benzene rings is 2. The fourth-order valence-electron chi connectivity index (χ4n) is 3.66. The molecule has 0 aromatic heterocycles. The molecular weight excluding hydrogens is 340 g/mol. The minimum absolute atomic E-state index is 0.143. The second kappa shape index (κ2) is 6.49. The number of hydrogen-bond donors (Lipinski definition) is 1. The lowest BCUT2D eigenvalue weighted by molar-refractivity contribution is 0.0973. The van der Waals surface area contributed by atoms with Crippen LogP contribution in [0.2, 0.25) is 0 Å². The zero-order chi connectivity index (χ0) is 19.1. The fraction of sp³-hybridized carbons (Fsp3) is 0.130. The SMILES string of the molecule is C=C1C(C(O)c2ccc(OC)cc2)=CCC2=C1C(=O)c1ccccc1C2=O. The molecule has 0 spiro atoms. The molecule has 0 heterocycles. The number of Topliss-reactive ketones (excluding diaryl/α,β-unsaturated/α-hetero) is 2. The second-order valence-electron chi connectivity index (χ2n) is 6.58. The Morgan fingerprint density at radius 2 is 1.63 bits per heavy atom. The number of carbonyl (C=O) groups is 2. The van der Waals surface area contributed by atoms with E-state index < -0.39 is 6.10 Å². The minimum Gasteiger partial charge on any atom is -0.497 e. The molecule has 4 nitrogen and oxygen atoms in total. The predicted molar refractivity (Wildman–Crippen MR) is 102 cm³/mol. The van der Waals surface area contributed by atoms with Gasteiger partial charge in [-0.05, 0) is 35.3 Å². The van der Waals surface area contributed by atoms with Crippen molar-refractivity contribution in [1.82, 2.24) is 0 Å². The van der Waals surface area contributed by atoms with Crippen molar-refractivity contribution in [1.29, 1.82) is 0 Å². The number of ether oxygens (including phenoxy) is 1. The van der Waals surface area contributed by atoms with Crippen molar-refractivity contribution < 1.29 is 19.4 Å². The lowest BCUT2D eigenvalue weighted by atomic mass is 9.74. The van der Waals surface area contributed by atoms with E-state index in [1.807, 2.05) is 0 Å². The van der Waals surface area contributed by atoms with Crippen LogP contribution in [0.4, 0.5) is 0 Å². The highest BCUT2D eigenvalue weighted by atomic mass is 16.5. The van der Waals surface area contributed by atoms with Gasteiger partial charge in [-0.25, -0.2) is 0 Å². The van der Waals surface area contributed by atoms with Crippen molar-refractivity contribution in [2.45, 2.75) is 12.5 Å². The molecule has 4 rings (SSSR count). The molecular formula is C23H18O4. The Hall–Kier alpha value is -3.24. The van der Waals surface area contributed by atoms with Crippen LogP contribution in [0.25, 0.3) is 0 Å². The quantitative estimate of drug-likeness (QED) is 0.901. The van der Waals surface area contributed by atoms with Crippen LogP contribution < -0.4 is 4.74 Å². The van der Waals surface area contributed by atoms with Crippen LogP contribution in [0.15, 0.2) is 83.5 Å². The van der Waals surface area contributed by atoms with E-state index in [4.69, 9.17) is 4.74 Å². The molecule has 0 bridgehead atoms. The lowest BCUT2D eigenvalue weighted by Gasteiger charge is -2.28. The predicted octanol–water partition coefficient (Wildman–Crippen LogP) is 3.99. The Labute approximate surface area is 157 Å². The van der Waals surface area contributed by atoms with Crippen LogP contribution in [-0.4, -0.2) is 23.8 Å². The maximum atomic E-state index is 13.0. The van der Waals surface area contributed by atoms with Crippen LogP contribution in [0.1, 0.15) is 38.8 Å². The highest BCUT2D eigenvalue weighted by Gasteiger charge is 2.36. The van der Waals surface area contributed by atoms with Gasteiger partial charge in [0.1, 0.15) is 11.9 Å². The summed E-state index contributed by atoms with van der Waals surface area (Å²) in [4.78, 5) is 25.8. The van der Waals surface area contributed by atoms with Gasteiger partial charge in [-0.15, -0.1) is 0 Å². The van der Waals surface area contributed by atoms with Gasteiger partial charge in [0.2, 0.25) is 0 Å². The third kappa shape index (κ3) is 2.66. The summed E-state index contributed by atoms with van der Waals surface area (Å²) in [7, 11) is 1.58. The molecule has 0 fully saturated rings. The molecule has 0 saturated heterocycles. The maximum Gasteiger partial charge on any atom is 0.194 e. The zero-order valence-electron chi connectivity index (χ0n) is 14.9. The molecule has 1 N–H and O–H groups in total. The van der Waals surface area contributed by atoms with E-state index in [-0.39, 0.29) is 11.6 Å². The van der Waals surface area contributed by atoms with Crippen molar-refractivity contribution >= 4 is 11.6 Å². The first-order chi connectivity index (χ1) is 13.0. The van der Waals surface area contributed by atoms with E-state index in [9.17, 15) is 14.7 Å². The minimum atomic E-state index is -0.933. The molecule has 2 aromatic carbocycles. The second-order valence-corrected chi connectivity index (χ2v) is 6.58. The van der Waals surface area contributed by atoms with E-state index >= 15 is 0 Å². The van der Waals surface area contributed by atoms with Crippen LogP contribution in [0.3, 0.4) is 0 Å². The molecule has 0 aliphatic heterocycles. The first kappa shape index (κ1) is 17.2. The Kier molecular flexibility index (Phi) is 4.13. The largest absolute Gasteiger partial charge is 0.497 e. The van der Waals surface area contributed by atoms with Crippen molar-refractivity contribution in [2.75, 3.05) is 7.11 Å². The van der Waals surface area contributed by atoms with Crippen molar-refractivity contribution in [3.63, 3.8) is 0 Å². The maximum absolute atomic E-state index is 13.0. The van der Waals surface area contributed by atoms with Crippen molar-refractivity contribution in [2.24, 2.45) is 0 Å². The standard InChI is InChI=1S/C23H18O4/c1-13-16(21(24)14-7-9-15(27-2)10-8-14)11-12-19-20(13)23(26)18-6-4-3-5-17(18)22(19)25/h3-11,21,24H,1,12H2,2H3. The van der Waals surface area contributed by atoms with E-state index in [2.05, 4.69) is 6.58 Å². The number of allylic oxidation sites excluding steroid dienone is 3. The molecule has 0 amide bonds. The lowest BCUT2D eigenvalue weighted by Crippen LogP contribution is -2.26. The summed E-state index contributed by atoms with van der Waals surface area (Å²) < 4.78 is 5.14. The molecule has 1 atom stereocenters. The van der Waals surface area contributed by atoms with Crippen LogP contribution in [0, 0.1) is 0 Å². The summed E-state index contributed by atoms with van der Waals surface area (Å²) in [5.41, 5.74) is 3.23. The molecule has 2 aliphatic rings. The highest BCUT2D eigenvalue weighted by molar-refractivity contribution is 6.29. The normalized spacial score (nSPS) is 17.3. The van der Waals surface area contributed by atoms with Gasteiger partial charge in [-0.1, -0.05) is 49.1 Å². The number of fused-ring (bicyclic) bond motifs is 1. The van der Waals surface area contributed by atoms with Gasteiger partial charge in [0.05, 0.1) is 7.11 Å². The number of rotatable bonds is 3. The van der Waals surface area contributed by atoms with Gasteiger partial charge in [0.15, 0.2) is 11.6 Å². The molecule has 0 radical (unpaired) electrons. The van der Waals surface area contributed by atoms with Crippen LogP contribution in [0.5, 0.6) is 5.75 Å². The summed E-state index contributed by atoms with van der Waals surface area (Å²) in [5, 5.41) is 10.8. The van der Waals surface area contributed by atoms with Crippen LogP contribution in [-0.2, 0) is 0 Å². The first-order valence-electron chi connectivity index (χ1n) is 8.66. The number of aliphatic hydroxyl groups is 1. The van der Waals surface area contributed by atoms with Gasteiger partial charge in [-0.3, -0.25) is 9.59 Å². The third-order valence-electron chi connectivity index (χ3n) is 5.12. The van der Waals surface area contributed by atoms with E-state index in [0.29, 0.717) is 51.2 Å². The molecule has 134 valence electrons. The Bertz CT molecular complexity index is 1040. The molecule has 4 heteroatoms. The summed E-state index contributed by atoms with van der Waals surface area (Å²) in [6.45, 7) is 4.03. The van der Waals surface area contributed by atoms with Crippen molar-refractivity contribution in [3.8, 4) is 5.75 Å². The van der Waals surface area contributed by atoms with E-state index in [1.165, 1.54) is 0 Å². The van der Waals surface area contributed by atoms with E-state index in [1.54, 1.807) is 61.7 Å². The molecule has 2 aromatic rings. The summed E-state index contributed by atoms with van der Waals surface area (Å²) >= 11 is 0. The molecule has 0 saturated carbocycles. The molecule has 2 aliphatic carbocycles. The highest BCUT2D eigenvalue weighted by Crippen LogP contribution is 2.41. The average molecular weight is 358 g/mol. The Morgan fingerprint density at radius 1 is 1.00 bits per heavy atom. The van der Waals surface area contributed by atoms with Gasteiger partial charge in [-0.2, -0.15) is 0 Å². The number of hydrogen-bond acceptors (Lipinski definition) is 4. The topological polar surface area (TPSA) is 63.6 Å². The molecule has 1 unspecified atom stereocenters. The third-order valence-corrected chi connectivity index (χ3v) is 5.12. The fourth-order valence-corrected chi connectivity index (χ4v) is 3.66.